The Balaban J connectivity index is 1.89. The average Bonchev–Trinajstić information content (AvgIpc) is 2.54. The number of ketones is 1. The quantitative estimate of drug-likeness (QED) is 0.813. The molecule has 0 aromatic heterocycles. The van der Waals surface area contributed by atoms with E-state index < -0.39 is 10.2 Å². The number of rotatable bonds is 3. The van der Waals surface area contributed by atoms with Crippen LogP contribution in [-0.2, 0) is 37.8 Å². The first-order valence-corrected chi connectivity index (χ1v) is 8.98. The summed E-state index contributed by atoms with van der Waals surface area (Å²) in [4.78, 5) is 11.7. The molecule has 1 aliphatic rings. The summed E-state index contributed by atoms with van der Waals surface area (Å²) >= 11 is 0. The normalized spacial score (nSPS) is 16.3. The third-order valence-corrected chi connectivity index (χ3v) is 5.70. The number of fused-ring (bicyclic) bond motifs is 1. The largest absolute Gasteiger partial charge is 0.610 e. The summed E-state index contributed by atoms with van der Waals surface area (Å²) in [6.07, 6.45) is 1.46. The maximum Gasteiger partial charge on any atom is 0.156 e. The van der Waals surface area contributed by atoms with Crippen molar-refractivity contribution in [1.82, 2.24) is 0 Å². The summed E-state index contributed by atoms with van der Waals surface area (Å²) in [6, 6.07) is 13.6. The molecule has 2 aromatic carbocycles. The molecule has 0 saturated heterocycles. The Morgan fingerprint density at radius 2 is 1.96 bits per heavy atom. The highest BCUT2D eigenvalue weighted by molar-refractivity contribution is 7.96. The molecule has 5 heteroatoms. The van der Waals surface area contributed by atoms with Crippen molar-refractivity contribution in [3.05, 3.63) is 64.7 Å². The van der Waals surface area contributed by atoms with Crippen molar-refractivity contribution >= 4 is 16.0 Å². The van der Waals surface area contributed by atoms with Crippen molar-refractivity contribution in [2.45, 2.75) is 29.9 Å². The Hall–Kier alpha value is -2.29. The van der Waals surface area contributed by atoms with E-state index in [0.717, 1.165) is 11.1 Å². The smallest absolute Gasteiger partial charge is 0.156 e. The molecule has 0 fully saturated rings. The van der Waals surface area contributed by atoms with Gasteiger partial charge in [-0.1, -0.05) is 18.2 Å². The van der Waals surface area contributed by atoms with E-state index in [2.05, 4.69) is 0 Å². The van der Waals surface area contributed by atoms with Crippen molar-refractivity contribution < 1.29 is 13.6 Å². The van der Waals surface area contributed by atoms with Crippen molar-refractivity contribution in [3.63, 3.8) is 0 Å². The summed E-state index contributed by atoms with van der Waals surface area (Å²) in [7, 11) is -3.48. The predicted molar refractivity (Wildman–Crippen MR) is 85.4 cm³/mol. The zero-order chi connectivity index (χ0) is 16.4. The molecule has 23 heavy (non-hydrogen) atoms. The summed E-state index contributed by atoms with van der Waals surface area (Å²) in [6.45, 7) is 0. The van der Waals surface area contributed by atoms with Gasteiger partial charge in [0.2, 0.25) is 0 Å². The third-order valence-electron chi connectivity index (χ3n) is 4.01. The predicted octanol–water partition coefficient (Wildman–Crippen LogP) is 2.81. The number of carbonyl (C=O) groups excluding carboxylic acids is 1. The van der Waals surface area contributed by atoms with Gasteiger partial charge in [-0.3, -0.25) is 4.79 Å². The maximum atomic E-state index is 12.6. The van der Waals surface area contributed by atoms with Crippen molar-refractivity contribution in [2.24, 2.45) is 0 Å². The molecule has 0 heterocycles. The van der Waals surface area contributed by atoms with E-state index in [1.54, 1.807) is 42.5 Å². The summed E-state index contributed by atoms with van der Waals surface area (Å²) < 4.78 is 25.2. The summed E-state index contributed by atoms with van der Waals surface area (Å²) in [5.74, 6) is 0.0571. The molecular weight excluding hydrogens is 310 g/mol. The van der Waals surface area contributed by atoms with E-state index in [4.69, 9.17) is 5.26 Å². The molecule has 1 aliphatic carbocycles. The summed E-state index contributed by atoms with van der Waals surface area (Å²) in [5, 5.41) is 8.90. The fourth-order valence-corrected chi connectivity index (χ4v) is 4.19. The molecule has 0 amide bonds. The van der Waals surface area contributed by atoms with Crippen LogP contribution in [0.15, 0.2) is 47.4 Å². The molecule has 0 saturated carbocycles. The molecule has 0 radical (unpaired) electrons. The minimum absolute atomic E-state index is 0.139. The number of nitrogens with zero attached hydrogens (tertiary/aromatic N) is 1. The monoisotopic (exact) mass is 325 g/mol. The highest BCUT2D eigenvalue weighted by atomic mass is 32.3. The van der Waals surface area contributed by atoms with Gasteiger partial charge in [0.25, 0.3) is 0 Å². The van der Waals surface area contributed by atoms with E-state index in [1.807, 2.05) is 6.07 Å². The lowest BCUT2D eigenvalue weighted by Crippen LogP contribution is -2.17. The number of carbonyl (C=O) groups is 1. The number of Topliss-reactive ketones (excluding diaryl/α,β-unsaturated/α-hetero) is 1. The Morgan fingerprint density at radius 3 is 2.74 bits per heavy atom. The van der Waals surface area contributed by atoms with Crippen LogP contribution in [-0.4, -0.2) is 10.3 Å². The highest BCUT2D eigenvalue weighted by Crippen LogP contribution is 2.27. The second-order valence-corrected chi connectivity index (χ2v) is 7.71. The minimum atomic E-state index is -3.48. The molecule has 116 valence electrons. The first kappa shape index (κ1) is 15.6. The standard InChI is InChI=1S/C18H15NO3S/c19-11-13-2-1-3-14(8-13)12-23(21,22)18-7-5-15-9-17(20)6-4-16(15)10-18/h1-3,5,7-8,10H,4,6,9,12H2. The molecule has 0 bridgehead atoms. The zero-order valence-electron chi connectivity index (χ0n) is 12.5. The van der Waals surface area contributed by atoms with Crippen molar-refractivity contribution in [3.8, 4) is 6.07 Å². The number of hydrogen-bond acceptors (Lipinski definition) is 4. The molecule has 1 atom stereocenters. The average molecular weight is 325 g/mol. The fraction of sp³-hybridized carbons (Fsp3) is 0.222. The zero-order valence-corrected chi connectivity index (χ0v) is 13.3. The molecule has 2 aromatic rings. The van der Waals surface area contributed by atoms with E-state index in [9.17, 15) is 13.6 Å². The lowest BCUT2D eigenvalue weighted by atomic mass is 9.91. The second-order valence-electron chi connectivity index (χ2n) is 5.72. The van der Waals surface area contributed by atoms with Crippen LogP contribution in [0.1, 0.15) is 28.7 Å². The SMILES string of the molecule is N#Cc1cccc(C[S+](=O)([O-])c2ccc3c(c2)CCC(=O)C3)c1. The van der Waals surface area contributed by atoms with Gasteiger partial charge in [0.15, 0.2) is 4.90 Å². The van der Waals surface area contributed by atoms with E-state index in [1.165, 1.54) is 0 Å². The number of sulfone groups is 1. The number of aryl methyl sites for hydroxylation is 1. The van der Waals surface area contributed by atoms with Gasteiger partial charge in [0, 0.05) is 18.4 Å². The first-order chi connectivity index (χ1) is 11.0. The van der Waals surface area contributed by atoms with E-state index >= 15 is 0 Å². The van der Waals surface area contributed by atoms with Gasteiger partial charge in [0.1, 0.15) is 11.5 Å². The van der Waals surface area contributed by atoms with Crippen LogP contribution in [0.2, 0.25) is 0 Å². The fourth-order valence-electron chi connectivity index (χ4n) is 2.81. The Bertz CT molecular complexity index is 867. The van der Waals surface area contributed by atoms with E-state index in [-0.39, 0.29) is 16.4 Å². The molecular formula is C18H15NO3S. The van der Waals surface area contributed by atoms with Gasteiger partial charge < -0.3 is 4.55 Å². The van der Waals surface area contributed by atoms with Crippen molar-refractivity contribution in [1.29, 1.82) is 5.26 Å². The number of nitriles is 1. The van der Waals surface area contributed by atoms with Crippen LogP contribution in [0.4, 0.5) is 0 Å². The molecule has 1 unspecified atom stereocenters. The van der Waals surface area contributed by atoms with Gasteiger partial charge in [0.05, 0.1) is 21.8 Å². The third kappa shape index (κ3) is 3.39. The van der Waals surface area contributed by atoms with Crippen LogP contribution in [0.3, 0.4) is 0 Å². The van der Waals surface area contributed by atoms with Crippen LogP contribution in [0, 0.1) is 11.3 Å². The van der Waals surface area contributed by atoms with Gasteiger partial charge in [-0.15, -0.1) is 4.21 Å². The first-order valence-electron chi connectivity index (χ1n) is 7.33. The maximum absolute atomic E-state index is 12.6. The lowest BCUT2D eigenvalue weighted by molar-refractivity contribution is -0.118. The topological polar surface area (TPSA) is 81.0 Å². The molecule has 0 aliphatic heterocycles. The Morgan fingerprint density at radius 1 is 1.13 bits per heavy atom. The van der Waals surface area contributed by atoms with Crippen LogP contribution >= 0.6 is 0 Å². The van der Waals surface area contributed by atoms with Crippen LogP contribution < -0.4 is 0 Å². The van der Waals surface area contributed by atoms with Gasteiger partial charge in [-0.25, -0.2) is 0 Å². The van der Waals surface area contributed by atoms with Crippen LogP contribution in [0.5, 0.6) is 0 Å². The highest BCUT2D eigenvalue weighted by Gasteiger charge is 2.24. The van der Waals surface area contributed by atoms with Crippen LogP contribution in [0.25, 0.3) is 0 Å². The molecule has 4 nitrogen and oxygen atoms in total. The van der Waals surface area contributed by atoms with Crippen molar-refractivity contribution in [2.75, 3.05) is 0 Å². The lowest BCUT2D eigenvalue weighted by Gasteiger charge is -2.19. The second kappa shape index (κ2) is 6.07. The molecule has 0 N–H and O–H groups in total. The van der Waals surface area contributed by atoms with E-state index in [0.29, 0.717) is 30.4 Å². The molecule has 3 rings (SSSR count). The summed E-state index contributed by atoms with van der Waals surface area (Å²) in [5.41, 5.74) is 2.90. The van der Waals surface area contributed by atoms with Gasteiger partial charge >= 0.3 is 0 Å². The van der Waals surface area contributed by atoms with Gasteiger partial charge in [-0.05, 0) is 41.8 Å². The number of hydrogen-bond donors (Lipinski definition) is 0. The minimum Gasteiger partial charge on any atom is -0.610 e. The molecule has 0 spiro atoms. The Labute approximate surface area is 136 Å². The Kier molecular flexibility index (Phi) is 4.12. The number of benzene rings is 2. The van der Waals surface area contributed by atoms with Gasteiger partial charge in [-0.2, -0.15) is 5.26 Å².